The molecule has 0 aromatic rings. The van der Waals surface area contributed by atoms with Crippen LogP contribution in [0.3, 0.4) is 0 Å². The second-order valence-corrected chi connectivity index (χ2v) is 5.45. The SMILES string of the molecule is CC.CN1CC(Br)C(C(C)(C)C#N)=C1C(F)(F)F. The van der Waals surface area contributed by atoms with Gasteiger partial charge >= 0.3 is 6.18 Å². The van der Waals surface area contributed by atoms with Gasteiger partial charge in [0, 0.05) is 13.6 Å². The van der Waals surface area contributed by atoms with Crippen LogP contribution in [0.2, 0.25) is 0 Å². The van der Waals surface area contributed by atoms with Crippen LogP contribution in [0.25, 0.3) is 0 Å². The number of alkyl halides is 4. The Morgan fingerprint density at radius 3 is 2.11 bits per heavy atom. The fraction of sp³-hybridized carbons (Fsp3) is 0.750. The molecule has 104 valence electrons. The van der Waals surface area contributed by atoms with Gasteiger partial charge in [-0.3, -0.25) is 0 Å². The second kappa shape index (κ2) is 5.96. The van der Waals surface area contributed by atoms with Gasteiger partial charge in [-0.2, -0.15) is 18.4 Å². The summed E-state index contributed by atoms with van der Waals surface area (Å²) in [4.78, 5) is 0.720. The Kier molecular flexibility index (Phi) is 5.73. The summed E-state index contributed by atoms with van der Waals surface area (Å²) in [6.45, 7) is 7.23. The minimum absolute atomic E-state index is 0.116. The lowest BCUT2D eigenvalue weighted by molar-refractivity contribution is -0.108. The van der Waals surface area contributed by atoms with E-state index >= 15 is 0 Å². The zero-order valence-corrected chi connectivity index (χ0v) is 12.8. The highest BCUT2D eigenvalue weighted by atomic mass is 79.9. The van der Waals surface area contributed by atoms with Gasteiger partial charge in [0.05, 0.1) is 16.3 Å². The van der Waals surface area contributed by atoms with Crippen LogP contribution in [-0.4, -0.2) is 29.5 Å². The van der Waals surface area contributed by atoms with Crippen molar-refractivity contribution in [1.82, 2.24) is 4.90 Å². The number of allylic oxidation sites excluding steroid dienone is 1. The molecule has 2 nitrogen and oxygen atoms in total. The molecule has 1 unspecified atom stereocenters. The Balaban J connectivity index is 0.00000137. The summed E-state index contributed by atoms with van der Waals surface area (Å²) in [7, 11) is 1.39. The van der Waals surface area contributed by atoms with Gasteiger partial charge in [0.1, 0.15) is 5.70 Å². The average Bonchev–Trinajstić information content (AvgIpc) is 2.56. The molecule has 6 heteroatoms. The third kappa shape index (κ3) is 3.41. The minimum Gasteiger partial charge on any atom is -0.369 e. The van der Waals surface area contributed by atoms with E-state index in [4.69, 9.17) is 5.26 Å². The van der Waals surface area contributed by atoms with Gasteiger partial charge in [-0.15, -0.1) is 0 Å². The average molecular weight is 327 g/mol. The summed E-state index contributed by atoms with van der Waals surface area (Å²) in [6, 6.07) is 1.92. The molecular weight excluding hydrogens is 309 g/mol. The zero-order chi connectivity index (χ0) is 14.7. The van der Waals surface area contributed by atoms with Crippen LogP contribution >= 0.6 is 15.9 Å². The van der Waals surface area contributed by atoms with Crippen molar-refractivity contribution in [3.8, 4) is 6.07 Å². The van der Waals surface area contributed by atoms with Crippen molar-refractivity contribution in [3.05, 3.63) is 11.3 Å². The van der Waals surface area contributed by atoms with Gasteiger partial charge in [-0.05, 0) is 19.4 Å². The molecule has 18 heavy (non-hydrogen) atoms. The van der Waals surface area contributed by atoms with Crippen molar-refractivity contribution in [3.63, 3.8) is 0 Å². The minimum atomic E-state index is -4.42. The Bertz CT molecular complexity index is 366. The first kappa shape index (κ1) is 17.3. The first-order valence-corrected chi connectivity index (χ1v) is 6.61. The maximum absolute atomic E-state index is 12.9. The van der Waals surface area contributed by atoms with Gasteiger partial charge < -0.3 is 4.90 Å². The van der Waals surface area contributed by atoms with E-state index in [2.05, 4.69) is 15.9 Å². The van der Waals surface area contributed by atoms with E-state index in [1.165, 1.54) is 20.9 Å². The molecule has 1 rings (SSSR count). The fourth-order valence-corrected chi connectivity index (χ4v) is 3.12. The lowest BCUT2D eigenvalue weighted by Crippen LogP contribution is -2.27. The smallest absolute Gasteiger partial charge is 0.369 e. The van der Waals surface area contributed by atoms with Gasteiger partial charge in [-0.1, -0.05) is 29.8 Å². The first-order chi connectivity index (χ1) is 8.11. The zero-order valence-electron chi connectivity index (χ0n) is 11.2. The Labute approximate surface area is 115 Å². The molecule has 1 aliphatic rings. The van der Waals surface area contributed by atoms with Crippen LogP contribution in [0.4, 0.5) is 13.2 Å². The predicted molar refractivity (Wildman–Crippen MR) is 69.2 cm³/mol. The molecule has 0 amide bonds. The van der Waals surface area contributed by atoms with Crippen molar-refractivity contribution >= 4 is 15.9 Å². The third-order valence-corrected chi connectivity index (χ3v) is 3.35. The quantitative estimate of drug-likeness (QED) is 0.679. The topological polar surface area (TPSA) is 27.0 Å². The van der Waals surface area contributed by atoms with Crippen molar-refractivity contribution in [2.75, 3.05) is 13.6 Å². The Morgan fingerprint density at radius 1 is 1.33 bits per heavy atom. The van der Waals surface area contributed by atoms with E-state index in [0.29, 0.717) is 0 Å². The van der Waals surface area contributed by atoms with E-state index < -0.39 is 22.1 Å². The van der Waals surface area contributed by atoms with Crippen LogP contribution in [0, 0.1) is 16.7 Å². The van der Waals surface area contributed by atoms with Crippen molar-refractivity contribution in [2.45, 2.75) is 38.7 Å². The van der Waals surface area contributed by atoms with E-state index in [9.17, 15) is 13.2 Å². The standard InChI is InChI=1S/C10H12BrF3N2.C2H6/c1-9(2,5-15)7-6(11)4-16(3)8(7)10(12,13)14;1-2/h6H,4H2,1-3H3;1-2H3. The first-order valence-electron chi connectivity index (χ1n) is 5.69. The molecule has 1 atom stereocenters. The van der Waals surface area contributed by atoms with Crippen molar-refractivity contribution in [1.29, 1.82) is 5.26 Å². The lowest BCUT2D eigenvalue weighted by atomic mass is 9.83. The number of nitrogens with zero attached hydrogens (tertiary/aromatic N) is 2. The number of halogens is 4. The maximum Gasteiger partial charge on any atom is 0.431 e. The molecule has 0 N–H and O–H groups in total. The molecule has 0 saturated carbocycles. The molecule has 0 fully saturated rings. The maximum atomic E-state index is 12.9. The normalized spacial score (nSPS) is 20.4. The van der Waals surface area contributed by atoms with Crippen LogP contribution < -0.4 is 0 Å². The lowest BCUT2D eigenvalue weighted by Gasteiger charge is -2.23. The van der Waals surface area contributed by atoms with Crippen LogP contribution in [-0.2, 0) is 0 Å². The highest BCUT2D eigenvalue weighted by Crippen LogP contribution is 2.45. The molecule has 0 spiro atoms. The highest BCUT2D eigenvalue weighted by Gasteiger charge is 2.48. The van der Waals surface area contributed by atoms with Gasteiger partial charge in [0.25, 0.3) is 0 Å². The van der Waals surface area contributed by atoms with Crippen LogP contribution in [0.15, 0.2) is 11.3 Å². The molecule has 0 bridgehead atoms. The number of nitriles is 1. The van der Waals surface area contributed by atoms with Crippen LogP contribution in [0.5, 0.6) is 0 Å². The molecule has 0 aliphatic carbocycles. The van der Waals surface area contributed by atoms with Gasteiger partial charge in [0.2, 0.25) is 0 Å². The molecule has 1 aliphatic heterocycles. The molecule has 1 heterocycles. The number of hydrogen-bond acceptors (Lipinski definition) is 2. The highest BCUT2D eigenvalue weighted by molar-refractivity contribution is 9.09. The third-order valence-electron chi connectivity index (χ3n) is 2.61. The summed E-state index contributed by atoms with van der Waals surface area (Å²) in [5.74, 6) is 0. The van der Waals surface area contributed by atoms with Gasteiger partial charge in [0.15, 0.2) is 0 Å². The van der Waals surface area contributed by atoms with E-state index in [1.807, 2.05) is 19.9 Å². The molecule has 0 aromatic heterocycles. The van der Waals surface area contributed by atoms with Crippen LogP contribution in [0.1, 0.15) is 27.7 Å². The molecular formula is C12H18BrF3N2. The molecule has 0 saturated heterocycles. The largest absolute Gasteiger partial charge is 0.431 e. The molecule has 0 radical (unpaired) electrons. The summed E-state index contributed by atoms with van der Waals surface area (Å²) < 4.78 is 38.6. The fourth-order valence-electron chi connectivity index (χ4n) is 1.89. The van der Waals surface area contributed by atoms with E-state index in [0.717, 1.165) is 4.90 Å². The second-order valence-electron chi connectivity index (χ2n) is 4.34. The van der Waals surface area contributed by atoms with Gasteiger partial charge in [-0.25, -0.2) is 0 Å². The monoisotopic (exact) mass is 326 g/mol. The Morgan fingerprint density at radius 2 is 1.78 bits per heavy atom. The van der Waals surface area contributed by atoms with Crippen molar-refractivity contribution in [2.24, 2.45) is 5.41 Å². The predicted octanol–water partition coefficient (Wildman–Crippen LogP) is 4.09. The number of rotatable bonds is 1. The molecule has 0 aromatic carbocycles. The summed E-state index contributed by atoms with van der Waals surface area (Å²) in [5, 5.41) is 8.95. The van der Waals surface area contributed by atoms with Crippen molar-refractivity contribution < 1.29 is 13.2 Å². The summed E-state index contributed by atoms with van der Waals surface area (Å²) >= 11 is 3.20. The summed E-state index contributed by atoms with van der Waals surface area (Å²) in [5.41, 5.74) is -1.70. The Hall–Kier alpha value is -0.700. The summed E-state index contributed by atoms with van der Waals surface area (Å²) in [6.07, 6.45) is -4.42. The number of hydrogen-bond donors (Lipinski definition) is 0. The van der Waals surface area contributed by atoms with E-state index in [1.54, 1.807) is 0 Å². The van der Waals surface area contributed by atoms with E-state index in [-0.39, 0.29) is 12.1 Å².